The quantitative estimate of drug-likeness (QED) is 0.232. The maximum atomic E-state index is 9.30. The zero-order valence-electron chi connectivity index (χ0n) is 15.4. The third-order valence-electron chi connectivity index (χ3n) is 4.61. The second kappa shape index (κ2) is 16.3. The smallest absolute Gasteiger partial charge is 0.115 e. The fourth-order valence-electron chi connectivity index (χ4n) is 3.04. The first-order chi connectivity index (χ1) is 11.2. The van der Waals surface area contributed by atoms with Crippen LogP contribution in [-0.2, 0) is 0 Å². The van der Waals surface area contributed by atoms with E-state index in [0.717, 1.165) is 6.42 Å². The van der Waals surface area contributed by atoms with Gasteiger partial charge < -0.3 is 5.11 Å². The Morgan fingerprint density at radius 3 is 1.62 bits per heavy atom. The van der Waals surface area contributed by atoms with Crippen LogP contribution in [0.25, 0.3) is 0 Å². The largest absolute Gasteiger partial charge is 0.508 e. The second-order valence-corrected chi connectivity index (χ2v) is 7.41. The number of rotatable bonds is 14. The van der Waals surface area contributed by atoms with Crippen LogP contribution in [-0.4, -0.2) is 5.11 Å². The zero-order valence-corrected chi connectivity index (χ0v) is 18.0. The third kappa shape index (κ3) is 12.2. The molecule has 1 aromatic carbocycles. The van der Waals surface area contributed by atoms with Gasteiger partial charge in [-0.1, -0.05) is 96.1 Å². The minimum atomic E-state index is 0. The Morgan fingerprint density at radius 1 is 0.750 bits per heavy atom. The van der Waals surface area contributed by atoms with E-state index in [1.807, 2.05) is 12.1 Å². The molecule has 0 spiro atoms. The number of halogens is 1. The molecule has 0 amide bonds. The van der Waals surface area contributed by atoms with Gasteiger partial charge in [-0.25, -0.2) is 0 Å². The molecule has 24 heavy (non-hydrogen) atoms. The summed E-state index contributed by atoms with van der Waals surface area (Å²) in [7, 11) is 0. The molecule has 140 valence electrons. The number of phenols is 1. The van der Waals surface area contributed by atoms with E-state index in [1.54, 1.807) is 12.1 Å². The Bertz CT molecular complexity index is 380. The van der Waals surface area contributed by atoms with Crippen LogP contribution in [0.3, 0.4) is 0 Å². The SMILES string of the molecule is Br.CCCCCCCCCCCCCCC(S)c1ccc(O)cc1. The van der Waals surface area contributed by atoms with Gasteiger partial charge in [-0.2, -0.15) is 12.6 Å². The second-order valence-electron chi connectivity index (χ2n) is 6.79. The highest BCUT2D eigenvalue weighted by molar-refractivity contribution is 8.93. The predicted octanol–water partition coefficient (Wildman–Crippen LogP) is 8.03. The van der Waals surface area contributed by atoms with Gasteiger partial charge >= 0.3 is 0 Å². The Labute approximate surface area is 165 Å². The van der Waals surface area contributed by atoms with Gasteiger partial charge in [0.1, 0.15) is 5.75 Å². The van der Waals surface area contributed by atoms with Gasteiger partial charge in [-0.15, -0.1) is 17.0 Å². The summed E-state index contributed by atoms with van der Waals surface area (Å²) in [5.41, 5.74) is 1.22. The number of phenolic OH excluding ortho intramolecular Hbond substituents is 1. The van der Waals surface area contributed by atoms with Crippen molar-refractivity contribution in [2.45, 2.75) is 95.6 Å². The summed E-state index contributed by atoms with van der Waals surface area (Å²) in [5, 5.41) is 9.61. The molecule has 0 aliphatic rings. The first kappa shape index (κ1) is 23.9. The van der Waals surface area contributed by atoms with Crippen molar-refractivity contribution in [1.29, 1.82) is 0 Å². The van der Waals surface area contributed by atoms with Crippen LogP contribution in [0.15, 0.2) is 24.3 Å². The summed E-state index contributed by atoms with van der Waals surface area (Å²) in [5.74, 6) is 0.333. The van der Waals surface area contributed by atoms with Crippen molar-refractivity contribution in [3.8, 4) is 5.75 Å². The van der Waals surface area contributed by atoms with Crippen LogP contribution in [0.4, 0.5) is 0 Å². The standard InChI is InChI=1S/C21H36OS.BrH/c1-2-3-4-5-6-7-8-9-10-11-12-13-14-21(23)19-15-17-20(22)18-16-19;/h15-18,21-23H,2-14H2,1H3;1H. The highest BCUT2D eigenvalue weighted by Gasteiger charge is 2.05. The molecule has 0 aromatic heterocycles. The molecule has 0 radical (unpaired) electrons. The van der Waals surface area contributed by atoms with E-state index >= 15 is 0 Å². The summed E-state index contributed by atoms with van der Waals surface area (Å²) in [6.45, 7) is 2.28. The molecule has 1 aromatic rings. The molecule has 3 heteroatoms. The normalized spacial score (nSPS) is 11.9. The van der Waals surface area contributed by atoms with Gasteiger partial charge in [-0.3, -0.25) is 0 Å². The molecular weight excluding hydrogens is 380 g/mol. The van der Waals surface area contributed by atoms with Crippen molar-refractivity contribution in [1.82, 2.24) is 0 Å². The van der Waals surface area contributed by atoms with Crippen molar-refractivity contribution in [2.75, 3.05) is 0 Å². The summed E-state index contributed by atoms with van der Waals surface area (Å²) in [4.78, 5) is 0. The van der Waals surface area contributed by atoms with Gasteiger partial charge in [-0.05, 0) is 24.1 Å². The van der Waals surface area contributed by atoms with E-state index in [2.05, 4.69) is 19.6 Å². The van der Waals surface area contributed by atoms with Crippen LogP contribution in [0, 0.1) is 0 Å². The summed E-state index contributed by atoms with van der Waals surface area (Å²) in [6.07, 6.45) is 17.8. The van der Waals surface area contributed by atoms with Crippen molar-refractivity contribution in [2.24, 2.45) is 0 Å². The van der Waals surface area contributed by atoms with Gasteiger partial charge in [0.2, 0.25) is 0 Å². The van der Waals surface area contributed by atoms with Gasteiger partial charge in [0.05, 0.1) is 0 Å². The third-order valence-corrected chi connectivity index (χ3v) is 5.17. The predicted molar refractivity (Wildman–Crippen MR) is 116 cm³/mol. The lowest BCUT2D eigenvalue weighted by molar-refractivity contribution is 0.475. The molecule has 0 bridgehead atoms. The Hall–Kier alpha value is -0.150. The molecule has 0 heterocycles. The minimum absolute atomic E-state index is 0. The van der Waals surface area contributed by atoms with E-state index in [9.17, 15) is 5.11 Å². The molecule has 0 fully saturated rings. The van der Waals surface area contributed by atoms with E-state index in [1.165, 1.54) is 82.6 Å². The lowest BCUT2D eigenvalue weighted by Crippen LogP contribution is -1.91. The Kier molecular flexibility index (Phi) is 16.2. The Morgan fingerprint density at radius 2 is 1.17 bits per heavy atom. The minimum Gasteiger partial charge on any atom is -0.508 e. The number of benzene rings is 1. The molecule has 0 aliphatic heterocycles. The maximum absolute atomic E-state index is 9.30. The average Bonchev–Trinajstić information content (AvgIpc) is 2.56. The van der Waals surface area contributed by atoms with Crippen molar-refractivity contribution < 1.29 is 5.11 Å². The number of hydrogen-bond donors (Lipinski definition) is 2. The van der Waals surface area contributed by atoms with Crippen molar-refractivity contribution in [3.63, 3.8) is 0 Å². The van der Waals surface area contributed by atoms with Crippen LogP contribution in [0.5, 0.6) is 5.75 Å². The molecule has 0 saturated carbocycles. The fourth-order valence-corrected chi connectivity index (χ4v) is 3.40. The molecule has 1 rings (SSSR count). The van der Waals surface area contributed by atoms with Crippen LogP contribution in [0.2, 0.25) is 0 Å². The van der Waals surface area contributed by atoms with E-state index in [4.69, 9.17) is 0 Å². The first-order valence-corrected chi connectivity index (χ1v) is 10.2. The number of hydrogen-bond acceptors (Lipinski definition) is 2. The average molecular weight is 417 g/mol. The highest BCUT2D eigenvalue weighted by atomic mass is 79.9. The van der Waals surface area contributed by atoms with Crippen molar-refractivity contribution in [3.05, 3.63) is 29.8 Å². The summed E-state index contributed by atoms with van der Waals surface area (Å²) in [6, 6.07) is 7.46. The van der Waals surface area contributed by atoms with Crippen LogP contribution >= 0.6 is 29.6 Å². The molecule has 1 atom stereocenters. The fraction of sp³-hybridized carbons (Fsp3) is 0.714. The molecule has 1 N–H and O–H groups in total. The van der Waals surface area contributed by atoms with Crippen molar-refractivity contribution >= 4 is 29.6 Å². The Balaban J connectivity index is 0.00000529. The van der Waals surface area contributed by atoms with Gasteiger partial charge in [0.15, 0.2) is 0 Å². The first-order valence-electron chi connectivity index (χ1n) is 9.71. The molecule has 0 saturated heterocycles. The molecular formula is C21H37BrOS. The van der Waals surface area contributed by atoms with Gasteiger partial charge in [0.25, 0.3) is 0 Å². The number of aromatic hydroxyl groups is 1. The van der Waals surface area contributed by atoms with E-state index < -0.39 is 0 Å². The summed E-state index contributed by atoms with van der Waals surface area (Å²) < 4.78 is 0. The van der Waals surface area contributed by atoms with E-state index in [-0.39, 0.29) is 17.0 Å². The maximum Gasteiger partial charge on any atom is 0.115 e. The lowest BCUT2D eigenvalue weighted by Gasteiger charge is -2.11. The highest BCUT2D eigenvalue weighted by Crippen LogP contribution is 2.27. The topological polar surface area (TPSA) is 20.2 Å². The summed E-state index contributed by atoms with van der Waals surface area (Å²) >= 11 is 4.68. The van der Waals surface area contributed by atoms with E-state index in [0.29, 0.717) is 11.0 Å². The molecule has 1 nitrogen and oxygen atoms in total. The lowest BCUT2D eigenvalue weighted by atomic mass is 10.0. The van der Waals surface area contributed by atoms with Crippen LogP contribution in [0.1, 0.15) is 101 Å². The number of thiol groups is 1. The molecule has 0 aliphatic carbocycles. The molecule has 1 unspecified atom stereocenters. The zero-order chi connectivity index (χ0) is 16.8. The monoisotopic (exact) mass is 416 g/mol. The number of unbranched alkanes of at least 4 members (excludes halogenated alkanes) is 11. The van der Waals surface area contributed by atoms with Gasteiger partial charge in [0, 0.05) is 5.25 Å². The van der Waals surface area contributed by atoms with Crippen LogP contribution < -0.4 is 0 Å².